The van der Waals surface area contributed by atoms with Crippen LogP contribution in [0, 0.1) is 5.82 Å². The highest BCUT2D eigenvalue weighted by Crippen LogP contribution is 2.24. The van der Waals surface area contributed by atoms with Gasteiger partial charge in [-0.3, -0.25) is 9.59 Å². The first-order valence-electron chi connectivity index (χ1n) is 10.1. The van der Waals surface area contributed by atoms with Crippen LogP contribution in [0.2, 0.25) is 10.0 Å². The lowest BCUT2D eigenvalue weighted by Crippen LogP contribution is -2.50. The van der Waals surface area contributed by atoms with E-state index in [1.54, 1.807) is 43.3 Å². The molecule has 0 unspecified atom stereocenters. The monoisotopic (exact) mass is 484 g/mol. The second kappa shape index (κ2) is 12.3. The Hall–Kier alpha value is -1.76. The lowest BCUT2D eigenvalue weighted by atomic mass is 10.1. The molecule has 8 heteroatoms. The number of rotatable bonds is 10. The van der Waals surface area contributed by atoms with Gasteiger partial charge in [0.05, 0.1) is 5.75 Å². The van der Waals surface area contributed by atoms with E-state index in [9.17, 15) is 14.0 Å². The number of halogens is 3. The molecule has 2 rings (SSSR count). The number of benzene rings is 2. The first kappa shape index (κ1) is 25.5. The van der Waals surface area contributed by atoms with Crippen molar-refractivity contribution < 1.29 is 14.0 Å². The summed E-state index contributed by atoms with van der Waals surface area (Å²) in [5.74, 6) is -0.276. The minimum atomic E-state index is -0.692. The molecule has 2 amide bonds. The van der Waals surface area contributed by atoms with Crippen molar-refractivity contribution in [2.75, 3.05) is 5.75 Å². The van der Waals surface area contributed by atoms with Crippen molar-refractivity contribution in [3.05, 3.63) is 69.5 Å². The average molecular weight is 485 g/mol. The zero-order chi connectivity index (χ0) is 23.0. The van der Waals surface area contributed by atoms with E-state index in [1.807, 2.05) is 13.8 Å². The van der Waals surface area contributed by atoms with Gasteiger partial charge in [-0.15, -0.1) is 11.8 Å². The summed E-state index contributed by atoms with van der Waals surface area (Å²) < 4.78 is 13.8. The highest BCUT2D eigenvalue weighted by molar-refractivity contribution is 7.99. The van der Waals surface area contributed by atoms with Crippen LogP contribution < -0.4 is 5.32 Å². The second-order valence-electron chi connectivity index (χ2n) is 7.34. The molecule has 0 aliphatic carbocycles. The molecule has 0 radical (unpaired) electrons. The molecule has 2 aromatic rings. The number of thioether (sulfide) groups is 1. The van der Waals surface area contributed by atoms with Gasteiger partial charge in [0, 0.05) is 28.4 Å². The Bertz CT molecular complexity index is 913. The molecule has 2 aromatic carbocycles. The summed E-state index contributed by atoms with van der Waals surface area (Å²) in [6.45, 7) is 5.76. The van der Waals surface area contributed by atoms with Gasteiger partial charge in [0.15, 0.2) is 0 Å². The topological polar surface area (TPSA) is 49.4 Å². The quantitative estimate of drug-likeness (QED) is 0.470. The van der Waals surface area contributed by atoms with E-state index >= 15 is 0 Å². The summed E-state index contributed by atoms with van der Waals surface area (Å²) in [4.78, 5) is 27.3. The van der Waals surface area contributed by atoms with Crippen LogP contribution in [0.15, 0.2) is 42.5 Å². The summed E-state index contributed by atoms with van der Waals surface area (Å²) in [6.07, 6.45) is 0.786. The number of hydrogen-bond donors (Lipinski definition) is 1. The molecule has 0 aliphatic heterocycles. The highest BCUT2D eigenvalue weighted by Gasteiger charge is 2.27. The molecular formula is C23H27Cl2FN2O2S. The van der Waals surface area contributed by atoms with Gasteiger partial charge in [-0.1, -0.05) is 54.4 Å². The molecule has 0 aliphatic rings. The van der Waals surface area contributed by atoms with E-state index < -0.39 is 6.04 Å². The van der Waals surface area contributed by atoms with E-state index in [1.165, 1.54) is 22.7 Å². The van der Waals surface area contributed by atoms with Gasteiger partial charge in [-0.05, 0) is 49.6 Å². The maximum Gasteiger partial charge on any atom is 0.242 e. The van der Waals surface area contributed by atoms with Gasteiger partial charge in [-0.2, -0.15) is 0 Å². The Morgan fingerprint density at radius 2 is 1.84 bits per heavy atom. The molecule has 1 N–H and O–H groups in total. The van der Waals surface area contributed by atoms with E-state index in [0.717, 1.165) is 6.42 Å². The third-order valence-electron chi connectivity index (χ3n) is 4.97. The van der Waals surface area contributed by atoms with Crippen molar-refractivity contribution in [2.24, 2.45) is 0 Å². The van der Waals surface area contributed by atoms with Crippen molar-refractivity contribution in [1.82, 2.24) is 10.2 Å². The number of nitrogens with one attached hydrogen (secondary N) is 1. The van der Waals surface area contributed by atoms with Crippen molar-refractivity contribution >= 4 is 46.8 Å². The van der Waals surface area contributed by atoms with E-state index in [2.05, 4.69) is 5.32 Å². The fraction of sp³-hybridized carbons (Fsp3) is 0.391. The number of hydrogen-bond acceptors (Lipinski definition) is 3. The van der Waals surface area contributed by atoms with Gasteiger partial charge in [-0.25, -0.2) is 4.39 Å². The molecule has 0 aromatic heterocycles. The first-order valence-corrected chi connectivity index (χ1v) is 12.0. The molecular weight excluding hydrogens is 458 g/mol. The van der Waals surface area contributed by atoms with Gasteiger partial charge in [0.1, 0.15) is 11.9 Å². The lowest BCUT2D eigenvalue weighted by Gasteiger charge is -2.30. The molecule has 0 bridgehead atoms. The molecule has 0 heterocycles. The minimum absolute atomic E-state index is 0.00135. The van der Waals surface area contributed by atoms with E-state index in [4.69, 9.17) is 23.2 Å². The number of amides is 2. The fourth-order valence-corrected chi connectivity index (χ4v) is 4.19. The Labute approximate surface area is 197 Å². The summed E-state index contributed by atoms with van der Waals surface area (Å²) in [6, 6.07) is 10.8. The fourth-order valence-electron chi connectivity index (χ4n) is 2.83. The van der Waals surface area contributed by atoms with Gasteiger partial charge >= 0.3 is 0 Å². The van der Waals surface area contributed by atoms with Gasteiger partial charge in [0.25, 0.3) is 0 Å². The van der Waals surface area contributed by atoms with Gasteiger partial charge in [0.2, 0.25) is 11.8 Å². The normalized spacial score (nSPS) is 12.8. The van der Waals surface area contributed by atoms with Crippen LogP contribution in [0.1, 0.15) is 38.3 Å². The van der Waals surface area contributed by atoms with Crippen LogP contribution in [0.5, 0.6) is 0 Å². The van der Waals surface area contributed by atoms with E-state index in [0.29, 0.717) is 26.9 Å². The largest absolute Gasteiger partial charge is 0.352 e. The minimum Gasteiger partial charge on any atom is -0.352 e. The molecule has 0 saturated heterocycles. The Balaban J connectivity index is 2.14. The molecule has 2 atom stereocenters. The predicted molar refractivity (Wildman–Crippen MR) is 127 cm³/mol. The third kappa shape index (κ3) is 7.70. The summed E-state index contributed by atoms with van der Waals surface area (Å²) in [7, 11) is 0. The zero-order valence-corrected chi connectivity index (χ0v) is 20.2. The molecule has 0 saturated carbocycles. The zero-order valence-electron chi connectivity index (χ0n) is 17.8. The smallest absolute Gasteiger partial charge is 0.242 e. The SMILES string of the molecule is CC[C@H](C)NC(=O)[C@@H](C)N(Cc1ccc(Cl)cc1Cl)C(=O)CSCc1ccccc1F. The molecule has 31 heavy (non-hydrogen) atoms. The standard InChI is InChI=1S/C23H27Cl2FN2O2S/c1-4-15(2)27-23(30)16(3)28(12-17-9-10-19(24)11-20(17)25)22(29)14-31-13-18-7-5-6-8-21(18)26/h5-11,15-16H,4,12-14H2,1-3H3,(H,27,30)/t15-,16+/m0/s1. The van der Waals surface area contributed by atoms with Crippen LogP contribution in [-0.4, -0.2) is 34.6 Å². The van der Waals surface area contributed by atoms with Gasteiger partial charge < -0.3 is 10.2 Å². The van der Waals surface area contributed by atoms with Crippen LogP contribution in [0.25, 0.3) is 0 Å². The van der Waals surface area contributed by atoms with E-state index in [-0.39, 0.29) is 36.0 Å². The second-order valence-corrected chi connectivity index (χ2v) is 9.16. The summed E-state index contributed by atoms with van der Waals surface area (Å²) in [5.41, 5.74) is 1.23. The Kier molecular flexibility index (Phi) is 10.1. The van der Waals surface area contributed by atoms with Crippen LogP contribution in [0.4, 0.5) is 4.39 Å². The lowest BCUT2D eigenvalue weighted by molar-refractivity contribution is -0.138. The van der Waals surface area contributed by atoms with Crippen LogP contribution in [0.3, 0.4) is 0 Å². The van der Waals surface area contributed by atoms with Crippen molar-refractivity contribution in [3.8, 4) is 0 Å². The number of carbonyl (C=O) groups is 2. The Morgan fingerprint density at radius 3 is 2.48 bits per heavy atom. The van der Waals surface area contributed by atoms with Crippen LogP contribution >= 0.6 is 35.0 Å². The predicted octanol–water partition coefficient (Wildman–Crippen LogP) is 5.70. The third-order valence-corrected chi connectivity index (χ3v) is 6.52. The molecule has 0 fully saturated rings. The molecule has 0 spiro atoms. The highest BCUT2D eigenvalue weighted by atomic mass is 35.5. The molecule has 4 nitrogen and oxygen atoms in total. The summed E-state index contributed by atoms with van der Waals surface area (Å²) in [5, 5.41) is 3.84. The van der Waals surface area contributed by atoms with Crippen molar-refractivity contribution in [1.29, 1.82) is 0 Å². The van der Waals surface area contributed by atoms with Crippen molar-refractivity contribution in [2.45, 2.75) is 51.6 Å². The van der Waals surface area contributed by atoms with Crippen LogP contribution in [-0.2, 0) is 21.9 Å². The summed E-state index contributed by atoms with van der Waals surface area (Å²) >= 11 is 13.6. The molecule has 168 valence electrons. The Morgan fingerprint density at radius 1 is 1.13 bits per heavy atom. The number of nitrogens with zero attached hydrogens (tertiary/aromatic N) is 1. The maximum absolute atomic E-state index is 13.8. The number of carbonyl (C=O) groups excluding carboxylic acids is 2. The van der Waals surface area contributed by atoms with Crippen molar-refractivity contribution in [3.63, 3.8) is 0 Å². The first-order chi connectivity index (χ1) is 14.7. The maximum atomic E-state index is 13.8. The average Bonchev–Trinajstić information content (AvgIpc) is 2.73.